The van der Waals surface area contributed by atoms with Gasteiger partial charge >= 0.3 is 130 Å². The van der Waals surface area contributed by atoms with Crippen molar-refractivity contribution in [3.63, 3.8) is 0 Å². The quantitative estimate of drug-likeness (QED) is 0.242. The van der Waals surface area contributed by atoms with E-state index in [-0.39, 0.29) is 137 Å². The maximum atomic E-state index is 9.83. The fraction of sp³-hybridized carbons (Fsp3) is 0.750. The second-order valence-corrected chi connectivity index (χ2v) is 3.42. The Morgan fingerprint density at radius 2 is 1.08 bits per heavy atom. The molecular formula is C12H30Na4O9. The minimum Gasteiger partial charge on any atom is -1.00 e. The number of hydrogen-bond donors (Lipinski definition) is 6. The Morgan fingerprint density at radius 1 is 0.920 bits per heavy atom. The van der Waals surface area contributed by atoms with E-state index in [9.17, 15) is 9.59 Å². The molecule has 0 bridgehead atoms. The van der Waals surface area contributed by atoms with Crippen LogP contribution in [0.25, 0.3) is 0 Å². The monoisotopic (exact) mass is 410 g/mol. The number of carboxylic acids is 3. The van der Waals surface area contributed by atoms with Crippen LogP contribution in [-0.2, 0) is 14.4 Å². The fourth-order valence-electron chi connectivity index (χ4n) is 0.332. The summed E-state index contributed by atoms with van der Waals surface area (Å²) in [7, 11) is 1.00. The van der Waals surface area contributed by atoms with Crippen LogP contribution in [0.2, 0.25) is 0 Å². The van der Waals surface area contributed by atoms with Crippen LogP contribution >= 0.6 is 0 Å². The average molecular weight is 410 g/mol. The molecule has 1 aliphatic carbocycles. The number of hydrogen-bond acceptors (Lipinski definition) is 6. The van der Waals surface area contributed by atoms with E-state index in [4.69, 9.17) is 35.4 Å². The van der Waals surface area contributed by atoms with E-state index in [0.29, 0.717) is 12.8 Å². The Balaban J connectivity index is -0.0000000122. The van der Waals surface area contributed by atoms with Crippen molar-refractivity contribution in [2.45, 2.75) is 45.6 Å². The standard InChI is InChI=1S/C4H6O3.C3H6O2.C2H4O2.C2H6O.CH4O.4Na.4H/c5-3(6)4(7)1-2-4;1-2-3(4)5;1-2(3)4;1-2-3;1-2;;;;;;;;/h7H,1-2H2,(H,5,6);2H2,1H3,(H,4,5);1H3,(H,3,4);3H,2H2,1H3;2H,1H3;;;;;;;;/q;;;;;4*+1;4*-1. The molecule has 0 heterocycles. The molecule has 6 N–H and O–H groups in total. The van der Waals surface area contributed by atoms with Gasteiger partial charge in [-0.2, -0.15) is 0 Å². The first-order valence-corrected chi connectivity index (χ1v) is 6.00. The average Bonchev–Trinajstić information content (AvgIpc) is 3.12. The molecular weight excluding hydrogens is 380 g/mol. The number of aliphatic hydroxyl groups is 3. The van der Waals surface area contributed by atoms with Gasteiger partial charge in [-0.1, -0.05) is 6.92 Å². The summed E-state index contributed by atoms with van der Waals surface area (Å²) in [5.74, 6) is -2.67. The number of aliphatic hydroxyl groups excluding tert-OH is 2. The van der Waals surface area contributed by atoms with Gasteiger partial charge in [-0.05, 0) is 19.8 Å². The van der Waals surface area contributed by atoms with Crippen molar-refractivity contribution in [1.82, 2.24) is 0 Å². The first-order chi connectivity index (χ1) is 9.57. The number of carbonyl (C=O) groups is 3. The summed E-state index contributed by atoms with van der Waals surface area (Å²) in [6.07, 6.45) is 1.06. The van der Waals surface area contributed by atoms with Crippen molar-refractivity contribution in [1.29, 1.82) is 0 Å². The summed E-state index contributed by atoms with van der Waals surface area (Å²) in [4.78, 5) is 28.2. The molecule has 0 saturated heterocycles. The molecule has 0 aliphatic heterocycles. The summed E-state index contributed by atoms with van der Waals surface area (Å²) in [6, 6.07) is 0. The zero-order valence-electron chi connectivity index (χ0n) is 20.7. The van der Waals surface area contributed by atoms with Crippen LogP contribution < -0.4 is 118 Å². The zero-order valence-corrected chi connectivity index (χ0v) is 24.7. The largest absolute Gasteiger partial charge is 1.00 e. The molecule has 0 amide bonds. The molecule has 0 spiro atoms. The molecule has 13 heteroatoms. The van der Waals surface area contributed by atoms with Crippen LogP contribution in [0.1, 0.15) is 45.7 Å². The summed E-state index contributed by atoms with van der Waals surface area (Å²) >= 11 is 0. The summed E-state index contributed by atoms with van der Waals surface area (Å²) in [6.45, 7) is 4.61. The second kappa shape index (κ2) is 37.1. The van der Waals surface area contributed by atoms with Gasteiger partial charge in [-0.25, -0.2) is 4.79 Å². The molecule has 0 unspecified atom stereocenters. The first-order valence-electron chi connectivity index (χ1n) is 6.00. The first kappa shape index (κ1) is 50.7. The predicted octanol–water partition coefficient (Wildman–Crippen LogP) is -11.8. The van der Waals surface area contributed by atoms with Gasteiger partial charge in [0.25, 0.3) is 5.97 Å². The predicted molar refractivity (Wildman–Crippen MR) is 78.4 cm³/mol. The summed E-state index contributed by atoms with van der Waals surface area (Å²) < 4.78 is 0. The third-order valence-corrected chi connectivity index (χ3v) is 1.42. The van der Waals surface area contributed by atoms with Gasteiger partial charge in [-0.15, -0.1) is 0 Å². The SMILES string of the molecule is CC(=O)O.CCC(=O)O.CCO.CO.O=C(O)C1(O)CC1.[H-].[H-].[H-].[H-].[Na+].[Na+].[Na+].[Na+]. The molecule has 1 fully saturated rings. The van der Waals surface area contributed by atoms with Gasteiger partial charge < -0.3 is 36.3 Å². The van der Waals surface area contributed by atoms with Crippen molar-refractivity contribution in [3.05, 3.63) is 0 Å². The number of aliphatic carboxylic acids is 3. The Bertz CT molecular complexity index is 301. The van der Waals surface area contributed by atoms with Crippen molar-refractivity contribution < 1.29 is 169 Å². The van der Waals surface area contributed by atoms with Crippen LogP contribution in [0.5, 0.6) is 0 Å². The molecule has 1 rings (SSSR count). The third kappa shape index (κ3) is 66.3. The Labute approximate surface area is 243 Å². The Kier molecular flexibility index (Phi) is 75.2. The fourth-order valence-corrected chi connectivity index (χ4v) is 0.332. The molecule has 0 aromatic heterocycles. The normalized spacial score (nSPS) is 10.2. The molecule has 0 atom stereocenters. The molecule has 0 aromatic carbocycles. The molecule has 1 saturated carbocycles. The van der Waals surface area contributed by atoms with E-state index < -0.39 is 23.5 Å². The van der Waals surface area contributed by atoms with Gasteiger partial charge in [0.2, 0.25) is 0 Å². The van der Waals surface area contributed by atoms with E-state index in [1.165, 1.54) is 0 Å². The van der Waals surface area contributed by atoms with Crippen LogP contribution in [0.15, 0.2) is 0 Å². The Morgan fingerprint density at radius 3 is 1.08 bits per heavy atom. The summed E-state index contributed by atoms with van der Waals surface area (Å²) in [5.41, 5.74) is -1.33. The molecule has 9 nitrogen and oxygen atoms in total. The van der Waals surface area contributed by atoms with Crippen LogP contribution in [-0.4, -0.2) is 67.9 Å². The summed E-state index contributed by atoms with van der Waals surface area (Å²) in [5, 5.41) is 46.4. The Hall–Kier alpha value is 2.29. The van der Waals surface area contributed by atoms with Gasteiger partial charge in [0, 0.05) is 27.1 Å². The molecule has 1 aliphatic rings. The van der Waals surface area contributed by atoms with Gasteiger partial charge in [0.1, 0.15) is 0 Å². The molecule has 0 aromatic rings. The minimum atomic E-state index is -1.33. The third-order valence-electron chi connectivity index (χ3n) is 1.42. The van der Waals surface area contributed by atoms with E-state index in [1.54, 1.807) is 13.8 Å². The van der Waals surface area contributed by atoms with Crippen molar-refractivity contribution >= 4 is 17.9 Å². The van der Waals surface area contributed by atoms with E-state index in [1.807, 2.05) is 0 Å². The smallest absolute Gasteiger partial charge is 1.00 e. The van der Waals surface area contributed by atoms with Crippen molar-refractivity contribution in [2.24, 2.45) is 0 Å². The van der Waals surface area contributed by atoms with E-state index in [0.717, 1.165) is 14.0 Å². The number of carboxylic acid groups (broad SMARTS) is 3. The van der Waals surface area contributed by atoms with E-state index >= 15 is 0 Å². The second-order valence-electron chi connectivity index (χ2n) is 3.42. The van der Waals surface area contributed by atoms with Crippen LogP contribution in [0.4, 0.5) is 0 Å². The topological polar surface area (TPSA) is 173 Å². The van der Waals surface area contributed by atoms with Crippen LogP contribution in [0, 0.1) is 0 Å². The van der Waals surface area contributed by atoms with Crippen LogP contribution in [0.3, 0.4) is 0 Å². The molecule has 0 radical (unpaired) electrons. The number of rotatable bonds is 2. The maximum Gasteiger partial charge on any atom is 1.00 e. The van der Waals surface area contributed by atoms with E-state index in [2.05, 4.69) is 0 Å². The van der Waals surface area contributed by atoms with Crippen molar-refractivity contribution in [2.75, 3.05) is 13.7 Å². The van der Waals surface area contributed by atoms with Gasteiger partial charge in [0.05, 0.1) is 0 Å². The van der Waals surface area contributed by atoms with Gasteiger partial charge in [0.15, 0.2) is 5.60 Å². The zero-order chi connectivity index (χ0) is 18.1. The van der Waals surface area contributed by atoms with Crippen molar-refractivity contribution in [3.8, 4) is 0 Å². The van der Waals surface area contributed by atoms with Gasteiger partial charge in [-0.3, -0.25) is 9.59 Å². The molecule has 25 heavy (non-hydrogen) atoms. The minimum absolute atomic E-state index is 0. The molecule has 136 valence electrons. The maximum absolute atomic E-state index is 9.83.